The molecule has 0 atom stereocenters. The van der Waals surface area contributed by atoms with Gasteiger partial charge in [-0.05, 0) is 24.1 Å². The predicted molar refractivity (Wildman–Crippen MR) is 66.5 cm³/mol. The molecule has 0 radical (unpaired) electrons. The van der Waals surface area contributed by atoms with Crippen molar-refractivity contribution in [1.29, 1.82) is 0 Å². The summed E-state index contributed by atoms with van der Waals surface area (Å²) in [5.74, 6) is -0.0346. The number of rotatable bonds is 4. The van der Waals surface area contributed by atoms with Gasteiger partial charge in [-0.15, -0.1) is 0 Å². The Morgan fingerprint density at radius 2 is 2.35 bits per heavy atom. The Morgan fingerprint density at radius 3 is 3.12 bits per heavy atom. The minimum absolute atomic E-state index is 0.0346. The molecule has 0 saturated heterocycles. The summed E-state index contributed by atoms with van der Waals surface area (Å²) in [6.07, 6.45) is 2.50. The van der Waals surface area contributed by atoms with Crippen molar-refractivity contribution in [2.45, 2.75) is 6.42 Å². The molecule has 90 valence electrons. The third kappa shape index (κ3) is 2.62. The van der Waals surface area contributed by atoms with E-state index < -0.39 is 0 Å². The van der Waals surface area contributed by atoms with Crippen LogP contribution in [0.3, 0.4) is 0 Å². The van der Waals surface area contributed by atoms with Gasteiger partial charge < -0.3 is 15.6 Å². The zero-order valence-electron chi connectivity index (χ0n) is 9.81. The lowest BCUT2D eigenvalue weighted by Crippen LogP contribution is -2.34. The molecular formula is C12H16N4O. The summed E-state index contributed by atoms with van der Waals surface area (Å²) in [7, 11) is 1.77. The first-order valence-electron chi connectivity index (χ1n) is 5.57. The molecule has 0 aliphatic heterocycles. The zero-order chi connectivity index (χ0) is 12.3. The normalized spacial score (nSPS) is 10.7. The highest BCUT2D eigenvalue weighted by atomic mass is 16.2. The molecule has 0 fully saturated rings. The van der Waals surface area contributed by atoms with Crippen LogP contribution in [-0.4, -0.2) is 40.9 Å². The van der Waals surface area contributed by atoms with Gasteiger partial charge in [-0.25, -0.2) is 4.98 Å². The number of hydrogen-bond donors (Lipinski definition) is 2. The lowest BCUT2D eigenvalue weighted by molar-refractivity contribution is -0.128. The first kappa shape index (κ1) is 11.6. The van der Waals surface area contributed by atoms with Crippen molar-refractivity contribution in [2.75, 3.05) is 20.1 Å². The fraction of sp³-hybridized carbons (Fsp3) is 0.333. The number of H-pyrrole nitrogens is 1. The molecular weight excluding hydrogens is 216 g/mol. The maximum absolute atomic E-state index is 11.3. The molecule has 0 aliphatic carbocycles. The van der Waals surface area contributed by atoms with Crippen LogP contribution in [-0.2, 0) is 11.2 Å². The van der Waals surface area contributed by atoms with E-state index in [2.05, 4.69) is 16.0 Å². The summed E-state index contributed by atoms with van der Waals surface area (Å²) in [4.78, 5) is 20.2. The van der Waals surface area contributed by atoms with Crippen molar-refractivity contribution >= 4 is 16.9 Å². The van der Waals surface area contributed by atoms with Gasteiger partial charge in [0.1, 0.15) is 0 Å². The highest BCUT2D eigenvalue weighted by Gasteiger charge is 2.06. The van der Waals surface area contributed by atoms with Gasteiger partial charge in [0.15, 0.2) is 0 Å². The SMILES string of the molecule is CN(CCc1ccc2nc[nH]c2c1)C(=O)CN. The average molecular weight is 232 g/mol. The summed E-state index contributed by atoms with van der Waals surface area (Å²) in [5.41, 5.74) is 8.46. The largest absolute Gasteiger partial charge is 0.345 e. The zero-order valence-corrected chi connectivity index (χ0v) is 9.81. The number of aromatic amines is 1. The molecule has 0 spiro atoms. The van der Waals surface area contributed by atoms with E-state index in [1.807, 2.05) is 12.1 Å². The molecule has 0 aliphatic rings. The third-order valence-electron chi connectivity index (χ3n) is 2.82. The molecule has 5 heteroatoms. The Bertz CT molecular complexity index is 520. The number of carbonyl (C=O) groups is 1. The number of aromatic nitrogens is 2. The number of nitrogens with two attached hydrogens (primary N) is 1. The standard InChI is InChI=1S/C12H16N4O/c1-16(12(17)7-13)5-4-9-2-3-10-11(6-9)15-8-14-10/h2-3,6,8H,4-5,7,13H2,1H3,(H,14,15). The van der Waals surface area contributed by atoms with Crippen molar-refractivity contribution < 1.29 is 4.79 Å². The molecule has 1 heterocycles. The third-order valence-corrected chi connectivity index (χ3v) is 2.82. The van der Waals surface area contributed by atoms with Gasteiger partial charge in [-0.2, -0.15) is 0 Å². The van der Waals surface area contributed by atoms with Gasteiger partial charge in [0, 0.05) is 13.6 Å². The first-order chi connectivity index (χ1) is 8.20. The number of hydrogen-bond acceptors (Lipinski definition) is 3. The molecule has 0 bridgehead atoms. The highest BCUT2D eigenvalue weighted by molar-refractivity contribution is 5.78. The lowest BCUT2D eigenvalue weighted by atomic mass is 10.1. The summed E-state index contributed by atoms with van der Waals surface area (Å²) >= 11 is 0. The van der Waals surface area contributed by atoms with Crippen molar-refractivity contribution in [1.82, 2.24) is 14.9 Å². The average Bonchev–Trinajstić information content (AvgIpc) is 2.82. The van der Waals surface area contributed by atoms with Crippen LogP contribution in [0.25, 0.3) is 11.0 Å². The molecule has 2 aromatic rings. The van der Waals surface area contributed by atoms with E-state index in [1.165, 1.54) is 5.56 Å². The molecule has 1 aromatic carbocycles. The smallest absolute Gasteiger partial charge is 0.236 e. The number of imidazole rings is 1. The Balaban J connectivity index is 2.01. The molecule has 1 amide bonds. The Labute approximate surface area is 99.6 Å². The van der Waals surface area contributed by atoms with Gasteiger partial charge in [-0.3, -0.25) is 4.79 Å². The number of benzene rings is 1. The molecule has 3 N–H and O–H groups in total. The molecule has 17 heavy (non-hydrogen) atoms. The monoisotopic (exact) mass is 232 g/mol. The number of carbonyl (C=O) groups excluding carboxylic acids is 1. The van der Waals surface area contributed by atoms with Crippen LogP contribution in [0.2, 0.25) is 0 Å². The van der Waals surface area contributed by atoms with Gasteiger partial charge in [0.2, 0.25) is 5.91 Å². The quantitative estimate of drug-likeness (QED) is 0.807. The van der Waals surface area contributed by atoms with E-state index in [0.717, 1.165) is 17.5 Å². The van der Waals surface area contributed by atoms with Gasteiger partial charge in [0.05, 0.1) is 23.9 Å². The fourth-order valence-electron chi connectivity index (χ4n) is 1.72. The number of fused-ring (bicyclic) bond motifs is 1. The van der Waals surface area contributed by atoms with E-state index in [1.54, 1.807) is 18.3 Å². The second-order valence-electron chi connectivity index (χ2n) is 4.02. The van der Waals surface area contributed by atoms with Crippen molar-refractivity contribution in [3.63, 3.8) is 0 Å². The van der Waals surface area contributed by atoms with Crippen molar-refractivity contribution in [2.24, 2.45) is 5.73 Å². The maximum Gasteiger partial charge on any atom is 0.236 e. The minimum atomic E-state index is -0.0346. The first-order valence-corrected chi connectivity index (χ1v) is 5.57. The van der Waals surface area contributed by atoms with Crippen LogP contribution in [0.15, 0.2) is 24.5 Å². The van der Waals surface area contributed by atoms with Gasteiger partial charge in [-0.1, -0.05) is 6.07 Å². The highest BCUT2D eigenvalue weighted by Crippen LogP contribution is 2.12. The van der Waals surface area contributed by atoms with E-state index in [0.29, 0.717) is 6.54 Å². The molecule has 5 nitrogen and oxygen atoms in total. The predicted octanol–water partition coefficient (Wildman–Crippen LogP) is 0.523. The Kier molecular flexibility index (Phi) is 3.39. The summed E-state index contributed by atoms with van der Waals surface area (Å²) < 4.78 is 0. The van der Waals surface area contributed by atoms with Crippen molar-refractivity contribution in [3.8, 4) is 0 Å². The Morgan fingerprint density at radius 1 is 1.53 bits per heavy atom. The van der Waals surface area contributed by atoms with E-state index in [9.17, 15) is 4.79 Å². The van der Waals surface area contributed by atoms with Crippen LogP contribution < -0.4 is 5.73 Å². The second-order valence-corrected chi connectivity index (χ2v) is 4.02. The Hall–Kier alpha value is -1.88. The molecule has 0 saturated carbocycles. The van der Waals surface area contributed by atoms with E-state index in [4.69, 9.17) is 5.73 Å². The van der Waals surface area contributed by atoms with Gasteiger partial charge >= 0.3 is 0 Å². The number of nitrogens with zero attached hydrogens (tertiary/aromatic N) is 2. The fourth-order valence-corrected chi connectivity index (χ4v) is 1.72. The minimum Gasteiger partial charge on any atom is -0.345 e. The maximum atomic E-state index is 11.3. The van der Waals surface area contributed by atoms with Crippen LogP contribution in [0.1, 0.15) is 5.56 Å². The van der Waals surface area contributed by atoms with Crippen molar-refractivity contribution in [3.05, 3.63) is 30.1 Å². The number of amides is 1. The lowest BCUT2D eigenvalue weighted by Gasteiger charge is -2.15. The topological polar surface area (TPSA) is 75.0 Å². The second kappa shape index (κ2) is 4.97. The molecule has 1 aromatic heterocycles. The van der Waals surface area contributed by atoms with Crippen LogP contribution in [0.4, 0.5) is 0 Å². The van der Waals surface area contributed by atoms with Gasteiger partial charge in [0.25, 0.3) is 0 Å². The van der Waals surface area contributed by atoms with Crippen LogP contribution >= 0.6 is 0 Å². The molecule has 0 unspecified atom stereocenters. The van der Waals surface area contributed by atoms with E-state index >= 15 is 0 Å². The number of nitrogens with one attached hydrogen (secondary N) is 1. The number of likely N-dealkylation sites (N-methyl/N-ethyl adjacent to an activating group) is 1. The van der Waals surface area contributed by atoms with Crippen LogP contribution in [0.5, 0.6) is 0 Å². The van der Waals surface area contributed by atoms with E-state index in [-0.39, 0.29) is 12.5 Å². The summed E-state index contributed by atoms with van der Waals surface area (Å²) in [6, 6.07) is 6.07. The molecule has 2 rings (SSSR count). The van der Waals surface area contributed by atoms with Crippen LogP contribution in [0, 0.1) is 0 Å². The summed E-state index contributed by atoms with van der Waals surface area (Å²) in [6.45, 7) is 0.742. The summed E-state index contributed by atoms with van der Waals surface area (Å²) in [5, 5.41) is 0.